The molecular formula is C92H180O17P2. The van der Waals surface area contributed by atoms with E-state index in [4.69, 9.17) is 37.0 Å². The summed E-state index contributed by atoms with van der Waals surface area (Å²) in [7, 11) is -9.94. The molecule has 3 N–H and O–H groups in total. The minimum atomic E-state index is -4.97. The molecule has 0 aliphatic carbocycles. The molecule has 0 bridgehead atoms. The van der Waals surface area contributed by atoms with Crippen LogP contribution in [0.2, 0.25) is 0 Å². The number of ether oxygens (including phenoxy) is 4. The zero-order valence-electron chi connectivity index (χ0n) is 73.1. The number of phosphoric ester groups is 2. The molecule has 17 nitrogen and oxygen atoms in total. The van der Waals surface area contributed by atoms with Crippen LogP contribution >= 0.6 is 15.6 Å². The van der Waals surface area contributed by atoms with Gasteiger partial charge in [-0.3, -0.25) is 37.3 Å². The summed E-state index contributed by atoms with van der Waals surface area (Å²) in [5.74, 6) is -1.24. The van der Waals surface area contributed by atoms with Crippen molar-refractivity contribution in [3.63, 3.8) is 0 Å². The molecule has 0 fully saturated rings. The van der Waals surface area contributed by atoms with Crippen molar-refractivity contribution in [2.75, 3.05) is 39.6 Å². The molecule has 0 saturated heterocycles. The summed E-state index contributed by atoms with van der Waals surface area (Å²) >= 11 is 0. The van der Waals surface area contributed by atoms with Crippen molar-refractivity contribution in [2.24, 2.45) is 5.92 Å². The minimum absolute atomic E-state index is 0.109. The first-order valence-corrected chi connectivity index (χ1v) is 50.7. The summed E-state index contributed by atoms with van der Waals surface area (Å²) < 4.78 is 69.1. The second kappa shape index (κ2) is 84.5. The first-order chi connectivity index (χ1) is 54.1. The van der Waals surface area contributed by atoms with Gasteiger partial charge in [-0.2, -0.15) is 0 Å². The highest BCUT2D eigenvalue weighted by molar-refractivity contribution is 7.47. The van der Waals surface area contributed by atoms with Gasteiger partial charge in [0.2, 0.25) is 0 Å². The number of phosphoric acid groups is 2. The highest BCUT2D eigenvalue weighted by Gasteiger charge is 2.31. The van der Waals surface area contributed by atoms with Gasteiger partial charge in [0.15, 0.2) is 12.2 Å². The molecule has 0 heterocycles. The Morgan fingerprint density at radius 1 is 0.252 bits per heavy atom. The molecule has 6 atom stereocenters. The predicted molar refractivity (Wildman–Crippen MR) is 460 cm³/mol. The molecule has 0 spiro atoms. The van der Waals surface area contributed by atoms with E-state index in [1.807, 2.05) is 0 Å². The Bertz CT molecular complexity index is 2100. The molecule has 0 aromatic carbocycles. The van der Waals surface area contributed by atoms with E-state index < -0.39 is 97.5 Å². The third kappa shape index (κ3) is 84.3. The number of unbranched alkanes of at least 4 members (excludes halogenated alkanes) is 63. The number of carbonyl (C=O) groups excluding carboxylic acids is 4. The maximum Gasteiger partial charge on any atom is 0.472 e. The smallest absolute Gasteiger partial charge is 0.462 e. The molecule has 0 aliphatic rings. The summed E-state index contributed by atoms with van der Waals surface area (Å²) in [4.78, 5) is 73.5. The quantitative estimate of drug-likeness (QED) is 0.0222. The highest BCUT2D eigenvalue weighted by Crippen LogP contribution is 2.45. The molecular weight excluding hydrogens is 1440 g/mol. The van der Waals surface area contributed by atoms with Crippen LogP contribution in [0.1, 0.15) is 503 Å². The molecule has 0 aromatic rings. The van der Waals surface area contributed by atoms with E-state index in [9.17, 15) is 43.2 Å². The first kappa shape index (κ1) is 109. The van der Waals surface area contributed by atoms with Gasteiger partial charge in [-0.05, 0) is 31.6 Å². The van der Waals surface area contributed by atoms with Crippen LogP contribution < -0.4 is 0 Å². The van der Waals surface area contributed by atoms with E-state index >= 15 is 0 Å². The van der Waals surface area contributed by atoms with Crippen LogP contribution in [0.5, 0.6) is 0 Å². The fourth-order valence-electron chi connectivity index (χ4n) is 14.5. The molecule has 0 rings (SSSR count). The Morgan fingerprint density at radius 2 is 0.432 bits per heavy atom. The van der Waals surface area contributed by atoms with E-state index in [-0.39, 0.29) is 25.7 Å². The molecule has 0 radical (unpaired) electrons. The lowest BCUT2D eigenvalue weighted by molar-refractivity contribution is -0.161. The lowest BCUT2D eigenvalue weighted by Crippen LogP contribution is -2.30. The monoisotopic (exact) mass is 1620 g/mol. The molecule has 3 unspecified atom stereocenters. The number of esters is 4. The molecule has 111 heavy (non-hydrogen) atoms. The second-order valence-electron chi connectivity index (χ2n) is 33.3. The normalized spacial score (nSPS) is 13.9. The van der Waals surface area contributed by atoms with Crippen LogP contribution in [-0.4, -0.2) is 96.7 Å². The zero-order valence-corrected chi connectivity index (χ0v) is 74.9. The van der Waals surface area contributed by atoms with Gasteiger partial charge in [0.1, 0.15) is 19.3 Å². The van der Waals surface area contributed by atoms with Crippen LogP contribution in [0.4, 0.5) is 0 Å². The lowest BCUT2D eigenvalue weighted by Gasteiger charge is -2.21. The first-order valence-electron chi connectivity index (χ1n) is 47.7. The molecule has 660 valence electrons. The Morgan fingerprint density at radius 3 is 0.640 bits per heavy atom. The SMILES string of the molecule is CCCCCCCCCCCCCCCCCCCCCCCC(=O)O[C@H](COC(=O)CCCCCCCCCCCCCCCCCCCCC)COP(=O)(O)OC[C@@H](O)COP(=O)(O)OC[C@@H](COC(=O)CCCCCCCCCCCCCCC)OC(=O)CCCCCCCCCCCCCCCCC(C)CC. The van der Waals surface area contributed by atoms with Gasteiger partial charge in [0.25, 0.3) is 0 Å². The molecule has 19 heteroatoms. The van der Waals surface area contributed by atoms with Crippen molar-refractivity contribution < 1.29 is 80.2 Å². The van der Waals surface area contributed by atoms with E-state index in [1.54, 1.807) is 0 Å². The summed E-state index contributed by atoms with van der Waals surface area (Å²) in [5.41, 5.74) is 0. The van der Waals surface area contributed by atoms with Crippen molar-refractivity contribution in [1.82, 2.24) is 0 Å². The van der Waals surface area contributed by atoms with Crippen molar-refractivity contribution in [3.05, 3.63) is 0 Å². The van der Waals surface area contributed by atoms with Crippen LogP contribution in [0.3, 0.4) is 0 Å². The fraction of sp³-hybridized carbons (Fsp3) is 0.957. The van der Waals surface area contributed by atoms with Crippen LogP contribution in [0, 0.1) is 5.92 Å². The Labute approximate surface area is 683 Å². The summed E-state index contributed by atoms with van der Waals surface area (Å²) in [6, 6.07) is 0. The minimum Gasteiger partial charge on any atom is -0.462 e. The second-order valence-corrected chi connectivity index (χ2v) is 36.2. The van der Waals surface area contributed by atoms with Gasteiger partial charge >= 0.3 is 39.5 Å². The topological polar surface area (TPSA) is 237 Å². The van der Waals surface area contributed by atoms with Gasteiger partial charge in [0.05, 0.1) is 26.4 Å². The van der Waals surface area contributed by atoms with Gasteiger partial charge in [0, 0.05) is 25.7 Å². The van der Waals surface area contributed by atoms with E-state index in [0.29, 0.717) is 25.7 Å². The van der Waals surface area contributed by atoms with Crippen molar-refractivity contribution in [1.29, 1.82) is 0 Å². The van der Waals surface area contributed by atoms with Crippen molar-refractivity contribution in [3.8, 4) is 0 Å². The molecule has 0 amide bonds. The number of hydrogen-bond acceptors (Lipinski definition) is 15. The number of aliphatic hydroxyl groups is 1. The molecule has 0 aliphatic heterocycles. The van der Waals surface area contributed by atoms with Gasteiger partial charge in [-0.15, -0.1) is 0 Å². The Kier molecular flexibility index (Phi) is 83.0. The zero-order chi connectivity index (χ0) is 81.1. The van der Waals surface area contributed by atoms with Crippen LogP contribution in [-0.2, 0) is 65.4 Å². The van der Waals surface area contributed by atoms with E-state index in [0.717, 1.165) is 95.8 Å². The highest BCUT2D eigenvalue weighted by atomic mass is 31.2. The Hall–Kier alpha value is -1.94. The maximum absolute atomic E-state index is 13.2. The summed E-state index contributed by atoms with van der Waals surface area (Å²) in [6.07, 6.45) is 80.5. The Balaban J connectivity index is 5.26. The fourth-order valence-corrected chi connectivity index (χ4v) is 16.1. The van der Waals surface area contributed by atoms with Crippen LogP contribution in [0.15, 0.2) is 0 Å². The van der Waals surface area contributed by atoms with Gasteiger partial charge in [-0.25, -0.2) is 9.13 Å². The van der Waals surface area contributed by atoms with Gasteiger partial charge < -0.3 is 33.8 Å². The number of hydrogen-bond donors (Lipinski definition) is 3. The molecule has 0 saturated carbocycles. The van der Waals surface area contributed by atoms with Crippen LogP contribution in [0.25, 0.3) is 0 Å². The molecule has 0 aromatic heterocycles. The van der Waals surface area contributed by atoms with Crippen molar-refractivity contribution in [2.45, 2.75) is 522 Å². The average molecular weight is 1620 g/mol. The average Bonchev–Trinajstić information content (AvgIpc) is 0.901. The lowest BCUT2D eigenvalue weighted by atomic mass is 9.99. The van der Waals surface area contributed by atoms with Crippen molar-refractivity contribution >= 4 is 39.5 Å². The third-order valence-corrected chi connectivity index (χ3v) is 24.0. The van der Waals surface area contributed by atoms with E-state index in [2.05, 4.69) is 34.6 Å². The number of aliphatic hydroxyl groups excluding tert-OH is 1. The summed E-state index contributed by atoms with van der Waals surface area (Å²) in [6.45, 7) is 7.46. The van der Waals surface area contributed by atoms with Gasteiger partial charge in [-0.1, -0.05) is 452 Å². The maximum atomic E-state index is 13.2. The third-order valence-electron chi connectivity index (χ3n) is 22.1. The predicted octanol–water partition coefficient (Wildman–Crippen LogP) is 28.7. The number of carbonyl (C=O) groups is 4. The summed E-state index contributed by atoms with van der Waals surface area (Å²) in [5, 5.41) is 10.7. The largest absolute Gasteiger partial charge is 0.472 e. The van der Waals surface area contributed by atoms with E-state index in [1.165, 1.54) is 327 Å². The number of rotatable bonds is 92. The standard InChI is InChI=1S/C92H180O17P2/c1-6-10-13-16-19-22-25-28-30-32-34-35-37-39-41-47-52-57-62-67-72-77-91(96)108-88(82-103-90(95)76-71-66-61-56-51-46-40-38-36-33-31-29-26-23-20-17-14-11-7-2)84-107-111(100,101)105-80-86(93)79-104-110(98,99)106-83-87(81-102-89(94)75-70-65-60-55-50-44-27-24-21-18-15-12-8-3)109-92(97)78-73-68-63-58-53-48-43-42-45-49-54-59-64-69-74-85(5)9-4/h85-88,93H,6-84H2,1-5H3,(H,98,99)(H,100,101)/t85?,86-,87+,88+/m0/s1.